The molecule has 0 saturated carbocycles. The summed E-state index contributed by atoms with van der Waals surface area (Å²) in [5.74, 6) is -0.212. The minimum absolute atomic E-state index is 0.117. The lowest BCUT2D eigenvalue weighted by Crippen LogP contribution is -2.15. The highest BCUT2D eigenvalue weighted by atomic mass is 32.1. The number of rotatable bonds is 4. The van der Waals surface area contributed by atoms with E-state index in [1.165, 1.54) is 4.88 Å². The molecule has 1 atom stereocenters. The molecule has 1 aliphatic carbocycles. The second-order valence-electron chi connectivity index (χ2n) is 6.97. The fourth-order valence-electron chi connectivity index (χ4n) is 3.92. The van der Waals surface area contributed by atoms with Crippen molar-refractivity contribution in [2.24, 2.45) is 0 Å². The van der Waals surface area contributed by atoms with Crippen LogP contribution in [0.2, 0.25) is 0 Å². The summed E-state index contributed by atoms with van der Waals surface area (Å²) in [4.78, 5) is 37.0. The third kappa shape index (κ3) is 2.98. The number of aryl methyl sites for hydroxylation is 3. The van der Waals surface area contributed by atoms with Gasteiger partial charge in [0.25, 0.3) is 5.56 Å². The second kappa shape index (κ2) is 6.61. The molecule has 0 aliphatic heterocycles. The highest BCUT2D eigenvalue weighted by Crippen LogP contribution is 2.34. The number of fused-ring (bicyclic) bond motifs is 3. The van der Waals surface area contributed by atoms with Gasteiger partial charge < -0.3 is 19.8 Å². The summed E-state index contributed by atoms with van der Waals surface area (Å²) in [6, 6.07) is 0. The van der Waals surface area contributed by atoms with E-state index in [0.717, 1.165) is 30.5 Å². The molecular formula is C19H21N3O4S. The molecular weight excluding hydrogens is 366 g/mol. The highest BCUT2D eigenvalue weighted by molar-refractivity contribution is 7.18. The van der Waals surface area contributed by atoms with E-state index in [4.69, 9.17) is 4.74 Å². The van der Waals surface area contributed by atoms with Crippen molar-refractivity contribution in [1.29, 1.82) is 0 Å². The van der Waals surface area contributed by atoms with Crippen LogP contribution in [-0.2, 0) is 24.2 Å². The zero-order valence-corrected chi connectivity index (χ0v) is 16.2. The Morgan fingerprint density at radius 2 is 2.11 bits per heavy atom. The number of aliphatic hydroxyl groups excluding tert-OH is 1. The molecule has 0 spiro atoms. The van der Waals surface area contributed by atoms with Gasteiger partial charge in [-0.15, -0.1) is 11.3 Å². The molecule has 0 amide bonds. The number of nitrogens with one attached hydrogen (secondary N) is 2. The largest absolute Gasteiger partial charge is 0.453 e. The molecule has 8 heteroatoms. The number of carbonyl (C=O) groups excluding carboxylic acids is 1. The van der Waals surface area contributed by atoms with E-state index in [0.29, 0.717) is 32.9 Å². The average Bonchev–Trinajstić information content (AvgIpc) is 3.25. The first-order chi connectivity index (χ1) is 12.9. The number of ether oxygens (including phenoxy) is 1. The fourth-order valence-corrected chi connectivity index (χ4v) is 5.20. The van der Waals surface area contributed by atoms with Crippen molar-refractivity contribution in [3.05, 3.63) is 49.1 Å². The average molecular weight is 387 g/mol. The molecule has 142 valence electrons. The van der Waals surface area contributed by atoms with Gasteiger partial charge in [0, 0.05) is 16.1 Å². The molecule has 0 unspecified atom stereocenters. The van der Waals surface area contributed by atoms with Crippen molar-refractivity contribution >= 4 is 27.5 Å². The van der Waals surface area contributed by atoms with E-state index in [-0.39, 0.29) is 12.2 Å². The molecule has 0 radical (unpaired) electrons. The van der Waals surface area contributed by atoms with Gasteiger partial charge in [0.1, 0.15) is 23.0 Å². The summed E-state index contributed by atoms with van der Waals surface area (Å²) in [5, 5.41) is 10.5. The predicted molar refractivity (Wildman–Crippen MR) is 102 cm³/mol. The summed E-state index contributed by atoms with van der Waals surface area (Å²) in [7, 11) is 0. The Morgan fingerprint density at radius 3 is 2.81 bits per heavy atom. The van der Waals surface area contributed by atoms with E-state index in [1.54, 1.807) is 32.1 Å². The predicted octanol–water partition coefficient (Wildman–Crippen LogP) is 2.83. The number of esters is 1. The topological polar surface area (TPSA) is 108 Å². The molecule has 3 heterocycles. The molecule has 0 bridgehead atoms. The van der Waals surface area contributed by atoms with Gasteiger partial charge in [0.05, 0.1) is 11.5 Å². The minimum atomic E-state index is -0.677. The zero-order chi connectivity index (χ0) is 19.3. The van der Waals surface area contributed by atoms with Crippen LogP contribution in [0.15, 0.2) is 4.79 Å². The Balaban J connectivity index is 1.56. The summed E-state index contributed by atoms with van der Waals surface area (Å²) in [6.45, 7) is 5.10. The third-order valence-electron chi connectivity index (χ3n) is 5.08. The number of hydrogen-bond donors (Lipinski definition) is 3. The van der Waals surface area contributed by atoms with Gasteiger partial charge in [-0.25, -0.2) is 9.78 Å². The number of nitrogens with zero attached hydrogens (tertiary/aromatic N) is 1. The number of thiophene rings is 1. The van der Waals surface area contributed by atoms with E-state index in [1.807, 2.05) is 0 Å². The Bertz CT molecular complexity index is 1110. The number of hydrogen-bond acceptors (Lipinski definition) is 6. The number of aromatic nitrogens is 3. The van der Waals surface area contributed by atoms with Crippen LogP contribution >= 0.6 is 11.3 Å². The monoisotopic (exact) mass is 387 g/mol. The van der Waals surface area contributed by atoms with Crippen LogP contribution in [0.4, 0.5) is 0 Å². The maximum absolute atomic E-state index is 12.4. The van der Waals surface area contributed by atoms with E-state index < -0.39 is 12.1 Å². The molecule has 4 rings (SSSR count). The Labute approximate surface area is 159 Å². The van der Waals surface area contributed by atoms with Crippen LogP contribution in [0, 0.1) is 13.8 Å². The standard InChI is InChI=1S/C19H21N3O4S/c1-8-14(10(3)23)9(2)20-16(8)19(25)26-7-13-21-17(24)15-11-5-4-6-12(11)27-18(15)22-13/h10,20,23H,4-7H2,1-3H3,(H,21,22,24)/t10-/m1/s1. The van der Waals surface area contributed by atoms with Crippen LogP contribution in [0.5, 0.6) is 0 Å². The Morgan fingerprint density at radius 1 is 1.33 bits per heavy atom. The molecule has 7 nitrogen and oxygen atoms in total. The normalized spacial score (nSPS) is 14.5. The van der Waals surface area contributed by atoms with Gasteiger partial charge in [-0.05, 0) is 51.2 Å². The minimum Gasteiger partial charge on any atom is -0.453 e. The smallest absolute Gasteiger partial charge is 0.355 e. The molecule has 3 N–H and O–H groups in total. The van der Waals surface area contributed by atoms with E-state index in [2.05, 4.69) is 15.0 Å². The van der Waals surface area contributed by atoms with Crippen molar-refractivity contribution in [3.8, 4) is 0 Å². The van der Waals surface area contributed by atoms with Gasteiger partial charge in [-0.3, -0.25) is 4.79 Å². The molecule has 0 aromatic carbocycles. The summed E-state index contributed by atoms with van der Waals surface area (Å²) < 4.78 is 5.34. The lowest BCUT2D eigenvalue weighted by molar-refractivity contribution is 0.0455. The van der Waals surface area contributed by atoms with E-state index >= 15 is 0 Å². The fraction of sp³-hybridized carbons (Fsp3) is 0.421. The van der Waals surface area contributed by atoms with Crippen molar-refractivity contribution in [2.75, 3.05) is 0 Å². The van der Waals surface area contributed by atoms with Crippen molar-refractivity contribution in [2.45, 2.75) is 52.7 Å². The van der Waals surface area contributed by atoms with Gasteiger partial charge in [0.2, 0.25) is 0 Å². The van der Waals surface area contributed by atoms with Crippen LogP contribution in [0.3, 0.4) is 0 Å². The number of aromatic amines is 2. The molecule has 3 aromatic heterocycles. The van der Waals surface area contributed by atoms with Crippen molar-refractivity contribution in [3.63, 3.8) is 0 Å². The van der Waals surface area contributed by atoms with Crippen molar-refractivity contribution < 1.29 is 14.6 Å². The number of H-pyrrole nitrogens is 2. The second-order valence-corrected chi connectivity index (χ2v) is 8.05. The molecule has 0 saturated heterocycles. The van der Waals surface area contributed by atoms with Crippen LogP contribution in [0.25, 0.3) is 10.2 Å². The summed E-state index contributed by atoms with van der Waals surface area (Å²) in [6.07, 6.45) is 2.33. The van der Waals surface area contributed by atoms with Gasteiger partial charge in [0.15, 0.2) is 0 Å². The molecule has 27 heavy (non-hydrogen) atoms. The number of aliphatic hydroxyl groups is 1. The maximum Gasteiger partial charge on any atom is 0.355 e. The SMILES string of the molecule is Cc1[nH]c(C(=O)OCc2nc3sc4c(c3c(=O)[nH]2)CCC4)c(C)c1[C@@H](C)O. The Hall–Kier alpha value is -2.45. The molecule has 3 aromatic rings. The highest BCUT2D eigenvalue weighted by Gasteiger charge is 2.23. The van der Waals surface area contributed by atoms with Gasteiger partial charge in [-0.1, -0.05) is 0 Å². The Kier molecular flexibility index (Phi) is 4.39. The summed E-state index contributed by atoms with van der Waals surface area (Å²) in [5.41, 5.74) is 3.35. The molecule has 1 aliphatic rings. The van der Waals surface area contributed by atoms with Crippen LogP contribution in [-0.4, -0.2) is 26.0 Å². The van der Waals surface area contributed by atoms with E-state index in [9.17, 15) is 14.7 Å². The number of carbonyl (C=O) groups is 1. The van der Waals surface area contributed by atoms with Crippen molar-refractivity contribution in [1.82, 2.24) is 15.0 Å². The van der Waals surface area contributed by atoms with Crippen LogP contribution in [0.1, 0.15) is 63.0 Å². The lowest BCUT2D eigenvalue weighted by atomic mass is 10.1. The van der Waals surface area contributed by atoms with Crippen LogP contribution < -0.4 is 5.56 Å². The zero-order valence-electron chi connectivity index (χ0n) is 15.4. The van der Waals surface area contributed by atoms with Gasteiger partial charge >= 0.3 is 5.97 Å². The third-order valence-corrected chi connectivity index (χ3v) is 6.27. The summed E-state index contributed by atoms with van der Waals surface area (Å²) >= 11 is 1.55. The first-order valence-corrected chi connectivity index (χ1v) is 9.76. The first kappa shape index (κ1) is 17.9. The maximum atomic E-state index is 12.4. The lowest BCUT2D eigenvalue weighted by Gasteiger charge is -2.06. The molecule has 0 fully saturated rings. The quantitative estimate of drug-likeness (QED) is 0.597. The van der Waals surface area contributed by atoms with Gasteiger partial charge in [-0.2, -0.15) is 0 Å². The first-order valence-electron chi connectivity index (χ1n) is 8.94.